The van der Waals surface area contributed by atoms with Crippen molar-refractivity contribution in [3.05, 3.63) is 59.4 Å². The normalized spacial score (nSPS) is 10.9. The van der Waals surface area contributed by atoms with Gasteiger partial charge in [0.1, 0.15) is 17.1 Å². The van der Waals surface area contributed by atoms with Gasteiger partial charge in [0.15, 0.2) is 0 Å². The second-order valence-electron chi connectivity index (χ2n) is 5.69. The zero-order chi connectivity index (χ0) is 16.9. The third-order valence-corrected chi connectivity index (χ3v) is 4.26. The lowest BCUT2D eigenvalue weighted by molar-refractivity contribution is 0.108. The number of hydrogen-bond acceptors (Lipinski definition) is 3. The molecule has 0 saturated carbocycles. The van der Waals surface area contributed by atoms with Gasteiger partial charge in [-0.05, 0) is 48.6 Å². The monoisotopic (exact) mass is 342 g/mol. The molecule has 2 aromatic carbocycles. The lowest BCUT2D eigenvalue weighted by Crippen LogP contribution is -1.93. The summed E-state index contributed by atoms with van der Waals surface area (Å²) >= 11 is 5.65. The molecule has 1 heterocycles. The van der Waals surface area contributed by atoms with Crippen LogP contribution in [0.4, 0.5) is 0 Å². The van der Waals surface area contributed by atoms with Crippen molar-refractivity contribution >= 4 is 27.9 Å². The number of benzene rings is 2. The average Bonchev–Trinajstić information content (AvgIpc) is 3.02. The summed E-state index contributed by atoms with van der Waals surface area (Å²) < 4.78 is 5.32. The number of rotatable bonds is 7. The van der Waals surface area contributed by atoms with Gasteiger partial charge in [0.25, 0.3) is 5.24 Å². The van der Waals surface area contributed by atoms with Gasteiger partial charge in [-0.1, -0.05) is 30.3 Å². The molecule has 0 spiro atoms. The van der Waals surface area contributed by atoms with Crippen LogP contribution in [0.2, 0.25) is 0 Å². The quantitative estimate of drug-likeness (QED) is 0.507. The second-order valence-corrected chi connectivity index (χ2v) is 6.03. The first-order valence-electron chi connectivity index (χ1n) is 7.98. The van der Waals surface area contributed by atoms with Crippen LogP contribution >= 0.6 is 11.6 Å². The Labute approximate surface area is 145 Å². The molecule has 0 saturated heterocycles. The van der Waals surface area contributed by atoms with E-state index in [0.29, 0.717) is 22.3 Å². The van der Waals surface area contributed by atoms with Crippen LogP contribution < -0.4 is 4.74 Å². The number of halogens is 1. The first kappa shape index (κ1) is 16.5. The van der Waals surface area contributed by atoms with Gasteiger partial charge in [0.2, 0.25) is 0 Å². The molecule has 3 rings (SSSR count). The van der Waals surface area contributed by atoms with E-state index in [1.807, 2.05) is 6.07 Å². The number of carbonyl (C=O) groups is 1. The van der Waals surface area contributed by atoms with Gasteiger partial charge in [-0.2, -0.15) is 0 Å². The van der Waals surface area contributed by atoms with Gasteiger partial charge in [0.05, 0.1) is 18.2 Å². The third-order valence-electron chi connectivity index (χ3n) is 4.06. The minimum absolute atomic E-state index is 0.426. The van der Waals surface area contributed by atoms with Crippen molar-refractivity contribution < 1.29 is 9.53 Å². The van der Waals surface area contributed by atoms with Crippen molar-refractivity contribution in [3.8, 4) is 5.75 Å². The summed E-state index contributed by atoms with van der Waals surface area (Å²) in [6.45, 7) is 0. The van der Waals surface area contributed by atoms with Gasteiger partial charge >= 0.3 is 0 Å². The van der Waals surface area contributed by atoms with Crippen LogP contribution in [-0.2, 0) is 12.8 Å². The number of carbonyl (C=O) groups excluding carboxylic acids is 1. The number of hydrogen-bond donors (Lipinski definition) is 1. The number of fused-ring (bicyclic) bond motifs is 1. The molecular weight excluding hydrogens is 324 g/mol. The van der Waals surface area contributed by atoms with Crippen molar-refractivity contribution in [3.63, 3.8) is 0 Å². The zero-order valence-electron chi connectivity index (χ0n) is 13.5. The highest BCUT2D eigenvalue weighted by molar-refractivity contribution is 6.68. The maximum absolute atomic E-state index is 11.6. The van der Waals surface area contributed by atoms with E-state index in [2.05, 4.69) is 34.2 Å². The van der Waals surface area contributed by atoms with Gasteiger partial charge in [-0.25, -0.2) is 4.98 Å². The van der Waals surface area contributed by atoms with Crippen molar-refractivity contribution in [1.29, 1.82) is 0 Å². The number of methoxy groups -OCH3 is 1. The molecule has 5 heteroatoms. The Hall–Kier alpha value is -2.33. The number of unbranched alkanes of at least 4 members (excludes halogenated alkanes) is 1. The molecule has 0 fully saturated rings. The van der Waals surface area contributed by atoms with Crippen molar-refractivity contribution in [2.75, 3.05) is 7.11 Å². The lowest BCUT2D eigenvalue weighted by atomic mass is 10.1. The molecule has 0 aliphatic rings. The van der Waals surface area contributed by atoms with Crippen LogP contribution in [0.15, 0.2) is 42.5 Å². The number of aryl methyl sites for hydroxylation is 2. The summed E-state index contributed by atoms with van der Waals surface area (Å²) in [6, 6.07) is 13.8. The minimum atomic E-state index is -0.498. The molecule has 24 heavy (non-hydrogen) atoms. The molecule has 0 atom stereocenters. The van der Waals surface area contributed by atoms with E-state index in [1.165, 1.54) is 5.56 Å². The molecule has 3 aromatic rings. The van der Waals surface area contributed by atoms with E-state index in [-0.39, 0.29) is 0 Å². The molecule has 124 valence electrons. The Morgan fingerprint density at radius 1 is 1.12 bits per heavy atom. The van der Waals surface area contributed by atoms with Crippen molar-refractivity contribution in [2.24, 2.45) is 0 Å². The summed E-state index contributed by atoms with van der Waals surface area (Å²) in [5.74, 6) is 1.49. The Balaban J connectivity index is 1.71. The predicted octanol–water partition coefficient (Wildman–Crippen LogP) is 4.52. The maximum atomic E-state index is 11.6. The van der Waals surface area contributed by atoms with E-state index in [4.69, 9.17) is 16.3 Å². The van der Waals surface area contributed by atoms with Gasteiger partial charge in [-0.3, -0.25) is 4.79 Å². The van der Waals surface area contributed by atoms with Crippen LogP contribution in [0.1, 0.15) is 34.6 Å². The molecule has 0 unspecified atom stereocenters. The highest BCUT2D eigenvalue weighted by Gasteiger charge is 2.15. The molecule has 1 N–H and O–H groups in total. The summed E-state index contributed by atoms with van der Waals surface area (Å²) in [4.78, 5) is 19.4. The van der Waals surface area contributed by atoms with E-state index >= 15 is 0 Å². The molecule has 0 amide bonds. The van der Waals surface area contributed by atoms with Gasteiger partial charge in [0, 0.05) is 6.42 Å². The molecule has 0 bridgehead atoms. The largest absolute Gasteiger partial charge is 0.494 e. The van der Waals surface area contributed by atoms with Crippen LogP contribution in [0.3, 0.4) is 0 Å². The number of aromatic amines is 1. The number of H-pyrrole nitrogens is 1. The van der Waals surface area contributed by atoms with E-state index in [9.17, 15) is 4.79 Å². The average molecular weight is 343 g/mol. The standard InChI is InChI=1S/C19H19ClN2O2/c1-24-15-12-11-14(19(20)23)17-18(15)22-16(21-17)10-6-5-9-13-7-3-2-4-8-13/h2-4,7-8,11-12H,5-6,9-10H2,1H3,(H,21,22). The minimum Gasteiger partial charge on any atom is -0.494 e. The third kappa shape index (κ3) is 3.60. The highest BCUT2D eigenvalue weighted by Crippen LogP contribution is 2.28. The fraction of sp³-hybridized carbons (Fsp3) is 0.263. The van der Waals surface area contributed by atoms with E-state index in [1.54, 1.807) is 19.2 Å². The molecule has 0 radical (unpaired) electrons. The number of aromatic nitrogens is 2. The highest BCUT2D eigenvalue weighted by atomic mass is 35.5. The predicted molar refractivity (Wildman–Crippen MR) is 95.9 cm³/mol. The topological polar surface area (TPSA) is 55.0 Å². The first-order valence-corrected chi connectivity index (χ1v) is 8.36. The van der Waals surface area contributed by atoms with E-state index < -0.39 is 5.24 Å². The Kier molecular flexibility index (Phi) is 5.16. The maximum Gasteiger partial charge on any atom is 0.254 e. The fourth-order valence-corrected chi connectivity index (χ4v) is 2.99. The number of ether oxygens (including phenoxy) is 1. The SMILES string of the molecule is COc1ccc(C(=O)Cl)c2[nH]c(CCCCc3ccccc3)nc12. The number of imidazole rings is 1. The van der Waals surface area contributed by atoms with Crippen LogP contribution in [0.25, 0.3) is 11.0 Å². The summed E-state index contributed by atoms with van der Waals surface area (Å²) in [7, 11) is 1.59. The Morgan fingerprint density at radius 3 is 2.58 bits per heavy atom. The molecule has 0 aliphatic carbocycles. The van der Waals surface area contributed by atoms with Crippen molar-refractivity contribution in [2.45, 2.75) is 25.7 Å². The van der Waals surface area contributed by atoms with Crippen LogP contribution in [0, 0.1) is 0 Å². The van der Waals surface area contributed by atoms with Gasteiger partial charge in [-0.15, -0.1) is 0 Å². The molecule has 4 nitrogen and oxygen atoms in total. The summed E-state index contributed by atoms with van der Waals surface area (Å²) in [5.41, 5.74) is 3.07. The molecule has 1 aromatic heterocycles. The number of nitrogens with one attached hydrogen (secondary N) is 1. The Bertz CT molecular complexity index is 843. The Morgan fingerprint density at radius 2 is 1.88 bits per heavy atom. The number of nitrogens with zero attached hydrogens (tertiary/aromatic N) is 1. The van der Waals surface area contributed by atoms with Crippen LogP contribution in [0.5, 0.6) is 5.75 Å². The zero-order valence-corrected chi connectivity index (χ0v) is 14.3. The molecule has 0 aliphatic heterocycles. The van der Waals surface area contributed by atoms with Crippen molar-refractivity contribution in [1.82, 2.24) is 9.97 Å². The van der Waals surface area contributed by atoms with Gasteiger partial charge < -0.3 is 9.72 Å². The second kappa shape index (κ2) is 7.49. The van der Waals surface area contributed by atoms with Crippen LogP contribution in [-0.4, -0.2) is 22.3 Å². The van der Waals surface area contributed by atoms with E-state index in [0.717, 1.165) is 31.5 Å². The lowest BCUT2D eigenvalue weighted by Gasteiger charge is -2.02. The summed E-state index contributed by atoms with van der Waals surface area (Å²) in [6.07, 6.45) is 3.97. The summed E-state index contributed by atoms with van der Waals surface area (Å²) in [5, 5.41) is -0.498. The fourth-order valence-electron chi connectivity index (χ4n) is 2.83. The smallest absolute Gasteiger partial charge is 0.254 e. The first-order chi connectivity index (χ1) is 11.7. The molecular formula is C19H19ClN2O2.